The molecule has 0 atom stereocenters. The summed E-state index contributed by atoms with van der Waals surface area (Å²) in [5, 5.41) is 9.19. The number of alkyl halides is 1. The number of nitriles is 1. The number of hydrogen-bond acceptors (Lipinski definition) is 2. The van der Waals surface area contributed by atoms with Gasteiger partial charge in [0.15, 0.2) is 0 Å². The number of fused-ring (bicyclic) bond motifs is 1. The molecule has 0 fully saturated rings. The minimum Gasteiger partial charge on any atom is -0.294 e. The molecule has 20 heavy (non-hydrogen) atoms. The van der Waals surface area contributed by atoms with Gasteiger partial charge in [-0.2, -0.15) is 5.26 Å². The summed E-state index contributed by atoms with van der Waals surface area (Å²) >= 11 is 5.94. The zero-order chi connectivity index (χ0) is 14.1. The van der Waals surface area contributed by atoms with Crippen LogP contribution in [0.1, 0.15) is 11.4 Å². The molecule has 1 heterocycles. The maximum Gasteiger partial charge on any atom is 0.129 e. The Morgan fingerprint density at radius 2 is 2.05 bits per heavy atom. The van der Waals surface area contributed by atoms with Gasteiger partial charge in [0.2, 0.25) is 0 Å². The van der Waals surface area contributed by atoms with Gasteiger partial charge in [-0.05, 0) is 30.3 Å². The maximum absolute atomic E-state index is 13.3. The van der Waals surface area contributed by atoms with E-state index in [0.717, 1.165) is 11.0 Å². The molecule has 3 rings (SSSR count). The van der Waals surface area contributed by atoms with Gasteiger partial charge < -0.3 is 0 Å². The second kappa shape index (κ2) is 4.95. The van der Waals surface area contributed by atoms with Crippen molar-refractivity contribution in [3.8, 4) is 11.8 Å². The average Bonchev–Trinajstić information content (AvgIpc) is 2.85. The smallest absolute Gasteiger partial charge is 0.129 e. The molecular formula is C15H9ClFN3. The Morgan fingerprint density at radius 1 is 1.25 bits per heavy atom. The van der Waals surface area contributed by atoms with E-state index in [1.807, 2.05) is 30.3 Å². The van der Waals surface area contributed by atoms with Crippen LogP contribution >= 0.6 is 11.6 Å². The molecule has 2 aromatic carbocycles. The van der Waals surface area contributed by atoms with Gasteiger partial charge in [-0.3, -0.25) is 4.57 Å². The largest absolute Gasteiger partial charge is 0.294 e. The van der Waals surface area contributed by atoms with E-state index < -0.39 is 5.82 Å². The fourth-order valence-electron chi connectivity index (χ4n) is 2.23. The first-order valence-corrected chi connectivity index (χ1v) is 6.50. The highest BCUT2D eigenvalue weighted by atomic mass is 35.5. The van der Waals surface area contributed by atoms with Crippen molar-refractivity contribution >= 4 is 22.6 Å². The summed E-state index contributed by atoms with van der Waals surface area (Å²) in [6.07, 6.45) is 0. The van der Waals surface area contributed by atoms with Crippen LogP contribution in [0.2, 0.25) is 0 Å². The Morgan fingerprint density at radius 3 is 2.80 bits per heavy atom. The van der Waals surface area contributed by atoms with E-state index in [1.54, 1.807) is 10.6 Å². The van der Waals surface area contributed by atoms with Crippen LogP contribution in [0.25, 0.3) is 16.7 Å². The predicted octanol–water partition coefficient (Wildman–Crippen LogP) is 3.78. The van der Waals surface area contributed by atoms with E-state index in [4.69, 9.17) is 11.6 Å². The second-order valence-corrected chi connectivity index (χ2v) is 4.53. The second-order valence-electron chi connectivity index (χ2n) is 4.26. The van der Waals surface area contributed by atoms with Crippen LogP contribution in [0.5, 0.6) is 0 Å². The zero-order valence-corrected chi connectivity index (χ0v) is 11.1. The maximum atomic E-state index is 13.3. The lowest BCUT2D eigenvalue weighted by atomic mass is 10.2. The number of imidazole rings is 1. The predicted molar refractivity (Wildman–Crippen MR) is 75.3 cm³/mol. The van der Waals surface area contributed by atoms with Crippen LogP contribution in [-0.2, 0) is 5.88 Å². The first-order valence-electron chi connectivity index (χ1n) is 5.97. The molecule has 0 bridgehead atoms. The summed E-state index contributed by atoms with van der Waals surface area (Å²) < 4.78 is 15.1. The molecule has 98 valence electrons. The summed E-state index contributed by atoms with van der Waals surface area (Å²) in [7, 11) is 0. The van der Waals surface area contributed by atoms with Gasteiger partial charge in [-0.25, -0.2) is 9.37 Å². The third kappa shape index (κ3) is 1.93. The molecule has 1 aromatic heterocycles. The number of nitrogens with zero attached hydrogens (tertiary/aromatic N) is 3. The fourth-order valence-corrected chi connectivity index (χ4v) is 2.41. The van der Waals surface area contributed by atoms with Crippen LogP contribution in [-0.4, -0.2) is 9.55 Å². The van der Waals surface area contributed by atoms with Crippen molar-refractivity contribution in [1.82, 2.24) is 9.55 Å². The van der Waals surface area contributed by atoms with Crippen molar-refractivity contribution < 1.29 is 4.39 Å². The summed E-state index contributed by atoms with van der Waals surface area (Å²) in [6, 6.07) is 13.6. The van der Waals surface area contributed by atoms with E-state index in [0.29, 0.717) is 11.5 Å². The number of hydrogen-bond donors (Lipinski definition) is 0. The third-order valence-corrected chi connectivity index (χ3v) is 3.31. The number of aromatic nitrogens is 2. The molecule has 0 N–H and O–H groups in total. The summed E-state index contributed by atoms with van der Waals surface area (Å²) in [4.78, 5) is 4.43. The summed E-state index contributed by atoms with van der Waals surface area (Å²) in [6.45, 7) is 0. The first kappa shape index (κ1) is 12.6. The highest BCUT2D eigenvalue weighted by molar-refractivity contribution is 6.17. The summed E-state index contributed by atoms with van der Waals surface area (Å²) in [5.74, 6) is 0.384. The quantitative estimate of drug-likeness (QED) is 0.673. The van der Waals surface area contributed by atoms with Crippen LogP contribution in [0.15, 0.2) is 42.5 Å². The molecule has 5 heteroatoms. The number of rotatable bonds is 2. The molecule has 3 aromatic rings. The van der Waals surface area contributed by atoms with Crippen molar-refractivity contribution in [2.24, 2.45) is 0 Å². The molecule has 0 aliphatic carbocycles. The molecule has 0 amide bonds. The minimum absolute atomic E-state index is 0.205. The van der Waals surface area contributed by atoms with Crippen LogP contribution in [0.3, 0.4) is 0 Å². The van der Waals surface area contributed by atoms with Crippen molar-refractivity contribution in [2.45, 2.75) is 5.88 Å². The average molecular weight is 286 g/mol. The lowest BCUT2D eigenvalue weighted by Gasteiger charge is -2.09. The molecule has 0 spiro atoms. The Hall–Kier alpha value is -2.38. The van der Waals surface area contributed by atoms with Crippen LogP contribution in [0.4, 0.5) is 4.39 Å². The fraction of sp³-hybridized carbons (Fsp3) is 0.0667. The SMILES string of the molecule is N#Cc1cc(F)ccc1-n1c(CCl)nc2ccccc21. The van der Waals surface area contributed by atoms with Gasteiger partial charge >= 0.3 is 0 Å². The summed E-state index contributed by atoms with van der Waals surface area (Å²) in [5.41, 5.74) is 2.46. The number of para-hydroxylation sites is 2. The van der Waals surface area contributed by atoms with E-state index in [2.05, 4.69) is 4.98 Å². The lowest BCUT2D eigenvalue weighted by Crippen LogP contribution is -2.02. The van der Waals surface area contributed by atoms with Gasteiger partial charge in [0, 0.05) is 0 Å². The monoisotopic (exact) mass is 285 g/mol. The molecule has 0 unspecified atom stereocenters. The normalized spacial score (nSPS) is 10.7. The number of benzene rings is 2. The van der Waals surface area contributed by atoms with Crippen LogP contribution in [0, 0.1) is 17.1 Å². The molecule has 0 aliphatic heterocycles. The van der Waals surface area contributed by atoms with E-state index in [-0.39, 0.29) is 11.4 Å². The Kier molecular flexibility index (Phi) is 3.13. The Bertz CT molecular complexity index is 833. The van der Waals surface area contributed by atoms with Gasteiger partial charge in [-0.1, -0.05) is 12.1 Å². The zero-order valence-electron chi connectivity index (χ0n) is 10.3. The van der Waals surface area contributed by atoms with Crippen molar-refractivity contribution in [2.75, 3.05) is 0 Å². The third-order valence-electron chi connectivity index (χ3n) is 3.07. The van der Waals surface area contributed by atoms with E-state index >= 15 is 0 Å². The first-order chi connectivity index (χ1) is 9.74. The molecule has 0 radical (unpaired) electrons. The van der Waals surface area contributed by atoms with Crippen molar-refractivity contribution in [1.29, 1.82) is 5.26 Å². The minimum atomic E-state index is -0.442. The Balaban J connectivity index is 2.37. The molecule has 0 saturated heterocycles. The Labute approximate surface area is 119 Å². The van der Waals surface area contributed by atoms with Gasteiger partial charge in [0.1, 0.15) is 17.7 Å². The lowest BCUT2D eigenvalue weighted by molar-refractivity contribution is 0.627. The van der Waals surface area contributed by atoms with Crippen molar-refractivity contribution in [3.05, 3.63) is 59.7 Å². The van der Waals surface area contributed by atoms with Gasteiger partial charge in [0.25, 0.3) is 0 Å². The molecule has 3 nitrogen and oxygen atoms in total. The van der Waals surface area contributed by atoms with E-state index in [9.17, 15) is 9.65 Å². The van der Waals surface area contributed by atoms with Crippen molar-refractivity contribution in [3.63, 3.8) is 0 Å². The van der Waals surface area contributed by atoms with E-state index in [1.165, 1.54) is 12.1 Å². The van der Waals surface area contributed by atoms with Crippen LogP contribution < -0.4 is 0 Å². The number of halogens is 2. The topological polar surface area (TPSA) is 41.6 Å². The molecule has 0 aliphatic rings. The highest BCUT2D eigenvalue weighted by Gasteiger charge is 2.14. The van der Waals surface area contributed by atoms with Gasteiger partial charge in [0.05, 0.1) is 28.2 Å². The standard InChI is InChI=1S/C15H9ClFN3/c16-8-15-19-12-3-1-2-4-14(12)20(15)13-6-5-11(17)7-10(13)9-18/h1-7H,8H2. The highest BCUT2D eigenvalue weighted by Crippen LogP contribution is 2.25. The molecule has 0 saturated carbocycles. The van der Waals surface area contributed by atoms with Gasteiger partial charge in [-0.15, -0.1) is 11.6 Å². The molecular weight excluding hydrogens is 277 g/mol.